The molecule has 0 unspecified atom stereocenters. The minimum Gasteiger partial charge on any atom is -0.497 e. The number of nitrogens with zero attached hydrogens (tertiary/aromatic N) is 1. The van der Waals surface area contributed by atoms with Gasteiger partial charge in [-0.15, -0.1) is 0 Å². The van der Waals surface area contributed by atoms with Crippen LogP contribution >= 0.6 is 0 Å². The van der Waals surface area contributed by atoms with Crippen molar-refractivity contribution in [3.63, 3.8) is 0 Å². The van der Waals surface area contributed by atoms with E-state index in [0.717, 1.165) is 6.20 Å². The number of pyridine rings is 1. The summed E-state index contributed by atoms with van der Waals surface area (Å²) in [5, 5.41) is 14.2. The van der Waals surface area contributed by atoms with Crippen LogP contribution in [0.2, 0.25) is 0 Å². The van der Waals surface area contributed by atoms with Gasteiger partial charge >= 0.3 is 12.2 Å². The second-order valence-corrected chi connectivity index (χ2v) is 6.20. The summed E-state index contributed by atoms with van der Waals surface area (Å²) < 4.78 is 46.3. The van der Waals surface area contributed by atoms with Gasteiger partial charge in [0.1, 0.15) is 11.7 Å². The Labute approximate surface area is 157 Å². The monoisotopic (exact) mass is 395 g/mol. The molecule has 1 aliphatic heterocycles. The Morgan fingerprint density at radius 2 is 1.93 bits per heavy atom. The molecule has 28 heavy (non-hydrogen) atoms. The van der Waals surface area contributed by atoms with Crippen LogP contribution < -0.4 is 15.4 Å². The molecule has 0 saturated carbocycles. The van der Waals surface area contributed by atoms with E-state index in [0.29, 0.717) is 5.75 Å². The van der Waals surface area contributed by atoms with Gasteiger partial charge in [0, 0.05) is 18.0 Å². The summed E-state index contributed by atoms with van der Waals surface area (Å²) >= 11 is 0. The lowest BCUT2D eigenvalue weighted by Gasteiger charge is -2.45. The number of hydrogen-bond acceptors (Lipinski definition) is 5. The van der Waals surface area contributed by atoms with Crippen LogP contribution in [0.5, 0.6) is 5.75 Å². The number of urea groups is 1. The SMILES string of the molecule is COc1ccc([C@H]2NC(=O)N[C@@](O)(C(F)(F)F)[C@H]2C(=O)c2cccnc2)cc1. The van der Waals surface area contributed by atoms with E-state index in [1.807, 2.05) is 0 Å². The summed E-state index contributed by atoms with van der Waals surface area (Å²) in [6, 6.07) is 5.74. The van der Waals surface area contributed by atoms with Gasteiger partial charge in [-0.3, -0.25) is 9.78 Å². The van der Waals surface area contributed by atoms with E-state index in [9.17, 15) is 27.9 Å². The molecule has 1 aliphatic rings. The van der Waals surface area contributed by atoms with Crippen molar-refractivity contribution in [1.82, 2.24) is 15.6 Å². The van der Waals surface area contributed by atoms with Crippen molar-refractivity contribution in [3.05, 3.63) is 59.9 Å². The summed E-state index contributed by atoms with van der Waals surface area (Å²) in [5.74, 6) is -2.69. The van der Waals surface area contributed by atoms with Gasteiger partial charge in [-0.1, -0.05) is 12.1 Å². The third-order valence-electron chi connectivity index (χ3n) is 4.51. The Morgan fingerprint density at radius 3 is 2.46 bits per heavy atom. The van der Waals surface area contributed by atoms with Crippen LogP contribution in [0.1, 0.15) is 22.0 Å². The molecule has 1 saturated heterocycles. The lowest BCUT2D eigenvalue weighted by molar-refractivity contribution is -0.287. The van der Waals surface area contributed by atoms with E-state index in [4.69, 9.17) is 4.74 Å². The minimum atomic E-state index is -5.31. The predicted molar refractivity (Wildman–Crippen MR) is 90.5 cm³/mol. The average Bonchev–Trinajstić information content (AvgIpc) is 2.67. The molecule has 0 radical (unpaired) electrons. The number of benzene rings is 1. The molecule has 1 fully saturated rings. The number of methoxy groups -OCH3 is 1. The zero-order valence-corrected chi connectivity index (χ0v) is 14.5. The van der Waals surface area contributed by atoms with Gasteiger partial charge in [0.05, 0.1) is 13.2 Å². The van der Waals surface area contributed by atoms with Gasteiger partial charge in [0.25, 0.3) is 0 Å². The number of carbonyl (C=O) groups is 2. The van der Waals surface area contributed by atoms with Crippen molar-refractivity contribution in [2.24, 2.45) is 5.92 Å². The summed E-state index contributed by atoms with van der Waals surface area (Å²) in [7, 11) is 1.42. The lowest BCUT2D eigenvalue weighted by atomic mass is 9.77. The number of Topliss-reactive ketones (excluding diaryl/α,β-unsaturated/α-hetero) is 1. The number of alkyl halides is 3. The standard InChI is InChI=1S/C18H16F3N3O4/c1-28-12-6-4-10(5-7-12)14-13(15(25)11-3-2-8-22-9-11)17(27,18(19,20)21)24-16(26)23-14/h2-9,13-14,27H,1H3,(H2,23,24,26)/t13-,14-,17+/m1/s1. The zero-order chi connectivity index (χ0) is 20.5. The fourth-order valence-electron chi connectivity index (χ4n) is 3.12. The highest BCUT2D eigenvalue weighted by molar-refractivity contribution is 6.00. The highest BCUT2D eigenvalue weighted by Gasteiger charge is 2.66. The summed E-state index contributed by atoms with van der Waals surface area (Å²) in [5.41, 5.74) is -3.71. The molecule has 2 amide bonds. The molecule has 3 rings (SSSR count). The lowest BCUT2D eigenvalue weighted by Crippen LogP contribution is -2.72. The van der Waals surface area contributed by atoms with Gasteiger partial charge in [-0.05, 0) is 29.8 Å². The molecular weight excluding hydrogens is 379 g/mol. The van der Waals surface area contributed by atoms with E-state index < -0.39 is 35.7 Å². The highest BCUT2D eigenvalue weighted by atomic mass is 19.4. The molecule has 1 aromatic carbocycles. The number of carbonyl (C=O) groups excluding carboxylic acids is 2. The first-order chi connectivity index (χ1) is 13.2. The van der Waals surface area contributed by atoms with E-state index in [2.05, 4.69) is 10.3 Å². The molecule has 0 bridgehead atoms. The number of halogens is 3. The molecular formula is C18H16F3N3O4. The number of ketones is 1. The van der Waals surface area contributed by atoms with Crippen molar-refractivity contribution in [2.75, 3.05) is 7.11 Å². The van der Waals surface area contributed by atoms with Crippen LogP contribution in [-0.4, -0.2) is 40.9 Å². The Hall–Kier alpha value is -3.14. The number of amides is 2. The molecule has 2 heterocycles. The Morgan fingerprint density at radius 1 is 1.25 bits per heavy atom. The maximum absolute atomic E-state index is 13.8. The van der Waals surface area contributed by atoms with Crippen LogP contribution in [0.15, 0.2) is 48.8 Å². The van der Waals surface area contributed by atoms with Crippen molar-refractivity contribution < 1.29 is 32.6 Å². The smallest absolute Gasteiger partial charge is 0.437 e. The predicted octanol–water partition coefficient (Wildman–Crippen LogP) is 2.19. The summed E-state index contributed by atoms with van der Waals surface area (Å²) in [4.78, 5) is 28.6. The zero-order valence-electron chi connectivity index (χ0n) is 14.5. The first-order valence-corrected chi connectivity index (χ1v) is 8.13. The topological polar surface area (TPSA) is 101 Å². The first kappa shape index (κ1) is 19.6. The fraction of sp³-hybridized carbons (Fsp3) is 0.278. The van der Waals surface area contributed by atoms with Crippen LogP contribution in [-0.2, 0) is 0 Å². The normalized spacial score (nSPS) is 24.8. The van der Waals surface area contributed by atoms with E-state index in [1.54, 1.807) is 0 Å². The van der Waals surface area contributed by atoms with E-state index in [1.165, 1.54) is 55.0 Å². The summed E-state index contributed by atoms with van der Waals surface area (Å²) in [6.07, 6.45) is -2.85. The highest BCUT2D eigenvalue weighted by Crippen LogP contribution is 2.44. The number of aromatic nitrogens is 1. The van der Waals surface area contributed by atoms with E-state index >= 15 is 0 Å². The molecule has 2 aromatic rings. The molecule has 0 aliphatic carbocycles. The summed E-state index contributed by atoms with van der Waals surface area (Å²) in [6.45, 7) is 0. The van der Waals surface area contributed by atoms with Crippen molar-refractivity contribution in [2.45, 2.75) is 17.9 Å². The number of ether oxygens (including phenoxy) is 1. The Kier molecular flexibility index (Phi) is 4.99. The van der Waals surface area contributed by atoms with Crippen molar-refractivity contribution in [1.29, 1.82) is 0 Å². The number of nitrogens with one attached hydrogen (secondary N) is 2. The van der Waals surface area contributed by atoms with E-state index in [-0.39, 0.29) is 11.1 Å². The van der Waals surface area contributed by atoms with Crippen LogP contribution in [0.4, 0.5) is 18.0 Å². The molecule has 1 aromatic heterocycles. The van der Waals surface area contributed by atoms with Crippen LogP contribution in [0.25, 0.3) is 0 Å². The minimum absolute atomic E-state index is 0.133. The van der Waals surface area contributed by atoms with Gasteiger partial charge in [0.2, 0.25) is 5.72 Å². The van der Waals surface area contributed by atoms with Crippen LogP contribution in [0, 0.1) is 5.92 Å². The molecule has 0 spiro atoms. The van der Waals surface area contributed by atoms with Crippen LogP contribution in [0.3, 0.4) is 0 Å². The van der Waals surface area contributed by atoms with Gasteiger partial charge in [-0.2, -0.15) is 13.2 Å². The molecule has 7 nitrogen and oxygen atoms in total. The second-order valence-electron chi connectivity index (χ2n) is 6.20. The van der Waals surface area contributed by atoms with Gasteiger partial charge in [0.15, 0.2) is 5.78 Å². The maximum Gasteiger partial charge on any atom is 0.437 e. The third kappa shape index (κ3) is 3.38. The molecule has 3 N–H and O–H groups in total. The quantitative estimate of drug-likeness (QED) is 0.689. The third-order valence-corrected chi connectivity index (χ3v) is 4.51. The van der Waals surface area contributed by atoms with Crippen molar-refractivity contribution in [3.8, 4) is 5.75 Å². The number of rotatable bonds is 4. The number of aliphatic hydroxyl groups is 1. The van der Waals surface area contributed by atoms with Crippen molar-refractivity contribution >= 4 is 11.8 Å². The maximum atomic E-state index is 13.8. The Bertz CT molecular complexity index is 874. The first-order valence-electron chi connectivity index (χ1n) is 8.13. The van der Waals surface area contributed by atoms with Gasteiger partial charge < -0.3 is 20.5 Å². The number of hydrogen-bond donors (Lipinski definition) is 3. The average molecular weight is 395 g/mol. The fourth-order valence-corrected chi connectivity index (χ4v) is 3.12. The largest absolute Gasteiger partial charge is 0.497 e. The van der Waals surface area contributed by atoms with Gasteiger partial charge in [-0.25, -0.2) is 4.79 Å². The second kappa shape index (κ2) is 7.12. The molecule has 10 heteroatoms. The Balaban J connectivity index is 2.13. The molecule has 3 atom stereocenters. The molecule has 148 valence electrons.